The van der Waals surface area contributed by atoms with Gasteiger partial charge in [0.05, 0.1) is 5.69 Å². The predicted octanol–water partition coefficient (Wildman–Crippen LogP) is 4.15. The predicted molar refractivity (Wildman–Crippen MR) is 91.3 cm³/mol. The Hall–Kier alpha value is -0.610. The summed E-state index contributed by atoms with van der Waals surface area (Å²) in [6.45, 7) is 7.99. The molecule has 0 radical (unpaired) electrons. The Bertz CT molecular complexity index is 449. The van der Waals surface area contributed by atoms with Crippen LogP contribution in [0, 0.1) is 5.92 Å². The van der Waals surface area contributed by atoms with Gasteiger partial charge >= 0.3 is 0 Å². The van der Waals surface area contributed by atoms with Crippen molar-refractivity contribution in [3.8, 4) is 0 Å². The molecule has 0 spiro atoms. The lowest BCUT2D eigenvalue weighted by Gasteiger charge is -2.31. The van der Waals surface area contributed by atoms with Gasteiger partial charge < -0.3 is 10.2 Å². The second-order valence-electron chi connectivity index (χ2n) is 6.53. The summed E-state index contributed by atoms with van der Waals surface area (Å²) in [5, 5.41) is 4.92. The summed E-state index contributed by atoms with van der Waals surface area (Å²) >= 11 is 1.96. The minimum atomic E-state index is 0.558. The van der Waals surface area contributed by atoms with Crippen LogP contribution in [0.1, 0.15) is 69.0 Å². The Morgan fingerprint density at radius 3 is 2.76 bits per heavy atom. The van der Waals surface area contributed by atoms with E-state index in [0.29, 0.717) is 6.04 Å². The molecule has 4 heteroatoms. The van der Waals surface area contributed by atoms with Crippen molar-refractivity contribution in [3.63, 3.8) is 0 Å². The molecule has 1 aromatic rings. The van der Waals surface area contributed by atoms with Crippen LogP contribution in [-0.2, 0) is 6.42 Å². The van der Waals surface area contributed by atoms with E-state index < -0.39 is 0 Å². The second-order valence-corrected chi connectivity index (χ2v) is 7.54. The average Bonchev–Trinajstić information content (AvgIpc) is 2.94. The van der Waals surface area contributed by atoms with Crippen molar-refractivity contribution in [2.45, 2.75) is 64.8 Å². The molecule has 2 heterocycles. The number of piperidine rings is 1. The van der Waals surface area contributed by atoms with Crippen LogP contribution < -0.4 is 10.2 Å². The summed E-state index contributed by atoms with van der Waals surface area (Å²) in [6.07, 6.45) is 9.20. The number of aromatic nitrogens is 1. The zero-order valence-electron chi connectivity index (χ0n) is 13.5. The number of thiazole rings is 1. The summed E-state index contributed by atoms with van der Waals surface area (Å²) in [6, 6.07) is 0.558. The SMILES string of the molecule is CCCC1CCN(c2nc3c(s2)C(NCC)CCC3)CC1. The molecule has 1 aromatic heterocycles. The van der Waals surface area contributed by atoms with Gasteiger partial charge in [-0.2, -0.15) is 0 Å². The van der Waals surface area contributed by atoms with Crippen LogP contribution in [0.25, 0.3) is 0 Å². The standard InChI is InChI=1S/C17H29N3S/c1-3-6-13-9-11-20(12-10-13)17-19-15-8-5-7-14(18-4-2)16(15)21-17/h13-14,18H,3-12H2,1-2H3. The Morgan fingerprint density at radius 2 is 2.05 bits per heavy atom. The van der Waals surface area contributed by atoms with Crippen molar-refractivity contribution >= 4 is 16.5 Å². The number of rotatable bonds is 5. The molecule has 3 nitrogen and oxygen atoms in total. The first-order valence-corrected chi connectivity index (χ1v) is 9.61. The number of hydrogen-bond acceptors (Lipinski definition) is 4. The molecule has 2 aliphatic rings. The molecule has 1 unspecified atom stereocenters. The third-order valence-electron chi connectivity index (χ3n) is 4.97. The molecular weight excluding hydrogens is 278 g/mol. The molecule has 1 aliphatic carbocycles. The van der Waals surface area contributed by atoms with Crippen molar-refractivity contribution in [2.75, 3.05) is 24.5 Å². The van der Waals surface area contributed by atoms with E-state index in [1.165, 1.54) is 73.7 Å². The van der Waals surface area contributed by atoms with Gasteiger partial charge in [0.1, 0.15) is 0 Å². The molecule has 21 heavy (non-hydrogen) atoms. The van der Waals surface area contributed by atoms with Gasteiger partial charge in [0, 0.05) is 24.0 Å². The molecule has 0 amide bonds. The molecule has 1 aliphatic heterocycles. The monoisotopic (exact) mass is 307 g/mol. The van der Waals surface area contributed by atoms with E-state index >= 15 is 0 Å². The van der Waals surface area contributed by atoms with E-state index in [1.54, 1.807) is 0 Å². The molecule has 1 N–H and O–H groups in total. The Morgan fingerprint density at radius 1 is 1.24 bits per heavy atom. The molecule has 3 rings (SSSR count). The molecule has 0 bridgehead atoms. The van der Waals surface area contributed by atoms with Crippen LogP contribution in [0.5, 0.6) is 0 Å². The maximum Gasteiger partial charge on any atom is 0.185 e. The smallest absolute Gasteiger partial charge is 0.185 e. The Balaban J connectivity index is 1.67. The lowest BCUT2D eigenvalue weighted by molar-refractivity contribution is 0.378. The van der Waals surface area contributed by atoms with Crippen LogP contribution in [-0.4, -0.2) is 24.6 Å². The van der Waals surface area contributed by atoms with Crippen LogP contribution in [0.2, 0.25) is 0 Å². The molecule has 0 aromatic carbocycles. The highest BCUT2D eigenvalue weighted by atomic mass is 32.1. The zero-order chi connectivity index (χ0) is 14.7. The Kier molecular flexibility index (Phi) is 5.17. The van der Waals surface area contributed by atoms with E-state index in [0.717, 1.165) is 12.5 Å². The van der Waals surface area contributed by atoms with Gasteiger partial charge in [0.15, 0.2) is 5.13 Å². The van der Waals surface area contributed by atoms with Crippen molar-refractivity contribution in [1.82, 2.24) is 10.3 Å². The fourth-order valence-corrected chi connectivity index (χ4v) is 5.08. The van der Waals surface area contributed by atoms with E-state index in [4.69, 9.17) is 4.98 Å². The van der Waals surface area contributed by atoms with Gasteiger partial charge in [0.2, 0.25) is 0 Å². The highest BCUT2D eigenvalue weighted by molar-refractivity contribution is 7.15. The van der Waals surface area contributed by atoms with E-state index in [9.17, 15) is 0 Å². The van der Waals surface area contributed by atoms with Crippen LogP contribution in [0.4, 0.5) is 5.13 Å². The first-order valence-electron chi connectivity index (χ1n) is 8.79. The van der Waals surface area contributed by atoms with Gasteiger partial charge in [-0.05, 0) is 44.6 Å². The quantitative estimate of drug-likeness (QED) is 0.886. The van der Waals surface area contributed by atoms with Gasteiger partial charge in [-0.15, -0.1) is 0 Å². The first kappa shape index (κ1) is 15.3. The molecule has 1 atom stereocenters. The van der Waals surface area contributed by atoms with Crippen molar-refractivity contribution in [3.05, 3.63) is 10.6 Å². The normalized spacial score (nSPS) is 23.3. The van der Waals surface area contributed by atoms with E-state index in [-0.39, 0.29) is 0 Å². The average molecular weight is 308 g/mol. The summed E-state index contributed by atoms with van der Waals surface area (Å²) in [5.74, 6) is 0.954. The lowest BCUT2D eigenvalue weighted by Crippen LogP contribution is -2.33. The fourth-order valence-electron chi connectivity index (χ4n) is 3.80. The van der Waals surface area contributed by atoms with Crippen LogP contribution >= 0.6 is 11.3 Å². The zero-order valence-corrected chi connectivity index (χ0v) is 14.3. The largest absolute Gasteiger partial charge is 0.348 e. The maximum absolute atomic E-state index is 4.98. The topological polar surface area (TPSA) is 28.2 Å². The number of nitrogens with zero attached hydrogens (tertiary/aromatic N) is 2. The fraction of sp³-hybridized carbons (Fsp3) is 0.824. The van der Waals surface area contributed by atoms with Gasteiger partial charge in [-0.25, -0.2) is 4.98 Å². The molecule has 1 fully saturated rings. The van der Waals surface area contributed by atoms with Gasteiger partial charge in [-0.1, -0.05) is 38.0 Å². The summed E-state index contributed by atoms with van der Waals surface area (Å²) < 4.78 is 0. The summed E-state index contributed by atoms with van der Waals surface area (Å²) in [5.41, 5.74) is 1.38. The minimum absolute atomic E-state index is 0.558. The number of fused-ring (bicyclic) bond motifs is 1. The molecule has 0 saturated carbocycles. The van der Waals surface area contributed by atoms with Crippen molar-refractivity contribution in [1.29, 1.82) is 0 Å². The Labute approximate surface area is 133 Å². The van der Waals surface area contributed by atoms with E-state index in [1.807, 2.05) is 11.3 Å². The lowest BCUT2D eigenvalue weighted by atomic mass is 9.93. The molecule has 118 valence electrons. The number of aryl methyl sites for hydroxylation is 1. The molecular formula is C17H29N3S. The number of hydrogen-bond donors (Lipinski definition) is 1. The second kappa shape index (κ2) is 7.10. The highest BCUT2D eigenvalue weighted by Crippen LogP contribution is 2.38. The number of anilines is 1. The van der Waals surface area contributed by atoms with Crippen LogP contribution in [0.15, 0.2) is 0 Å². The van der Waals surface area contributed by atoms with Crippen molar-refractivity contribution in [2.24, 2.45) is 5.92 Å². The van der Waals surface area contributed by atoms with Crippen molar-refractivity contribution < 1.29 is 0 Å². The first-order chi connectivity index (χ1) is 10.3. The third kappa shape index (κ3) is 3.42. The number of nitrogens with one attached hydrogen (secondary N) is 1. The summed E-state index contributed by atoms with van der Waals surface area (Å²) in [4.78, 5) is 9.04. The highest BCUT2D eigenvalue weighted by Gasteiger charge is 2.27. The molecule has 1 saturated heterocycles. The van der Waals surface area contributed by atoms with Gasteiger partial charge in [0.25, 0.3) is 0 Å². The van der Waals surface area contributed by atoms with E-state index in [2.05, 4.69) is 24.1 Å². The van der Waals surface area contributed by atoms with Crippen LogP contribution in [0.3, 0.4) is 0 Å². The summed E-state index contributed by atoms with van der Waals surface area (Å²) in [7, 11) is 0. The third-order valence-corrected chi connectivity index (χ3v) is 6.24. The minimum Gasteiger partial charge on any atom is -0.348 e. The van der Waals surface area contributed by atoms with Gasteiger partial charge in [-0.3, -0.25) is 0 Å². The maximum atomic E-state index is 4.98.